The van der Waals surface area contributed by atoms with Crippen LogP contribution in [0.3, 0.4) is 0 Å². The molecule has 1 saturated heterocycles. The Balaban J connectivity index is 2.34. The Morgan fingerprint density at radius 1 is 1.33 bits per heavy atom. The Hall–Kier alpha value is -0.630. The third-order valence-electron chi connectivity index (χ3n) is 4.75. The quantitative estimate of drug-likeness (QED) is 0.747. The van der Waals surface area contributed by atoms with Crippen molar-refractivity contribution in [2.75, 3.05) is 33.7 Å². The van der Waals surface area contributed by atoms with Gasteiger partial charge in [-0.25, -0.2) is 0 Å². The van der Waals surface area contributed by atoms with Gasteiger partial charge in [0.05, 0.1) is 6.07 Å². The normalized spacial score (nSPS) is 20.7. The SMILES string of the molecule is CCC(C#N)(CCCN1CCC(N(C)C)CC1)NC(C)C. The molecule has 4 nitrogen and oxygen atoms in total. The standard InChI is InChI=1S/C17H34N4/c1-6-17(14-18,19-15(2)3)10-7-11-21-12-8-16(9-13-21)20(4)5/h15-16,19H,6-13H2,1-5H3. The van der Waals surface area contributed by atoms with Gasteiger partial charge in [0.2, 0.25) is 0 Å². The molecule has 1 unspecified atom stereocenters. The van der Waals surface area contributed by atoms with Crippen LogP contribution < -0.4 is 5.32 Å². The summed E-state index contributed by atoms with van der Waals surface area (Å²) in [6.45, 7) is 9.88. The molecule has 1 aliphatic rings. The summed E-state index contributed by atoms with van der Waals surface area (Å²) in [5, 5.41) is 13.0. The highest BCUT2D eigenvalue weighted by Crippen LogP contribution is 2.20. The number of piperidine rings is 1. The molecule has 0 aromatic rings. The molecule has 0 bridgehead atoms. The second-order valence-corrected chi connectivity index (χ2v) is 6.99. The fourth-order valence-corrected chi connectivity index (χ4v) is 3.33. The highest BCUT2D eigenvalue weighted by molar-refractivity contribution is 5.06. The van der Waals surface area contributed by atoms with Crippen molar-refractivity contribution >= 4 is 0 Å². The Bertz CT molecular complexity index is 326. The largest absolute Gasteiger partial charge is 0.306 e. The second kappa shape index (κ2) is 8.73. The molecule has 1 heterocycles. The van der Waals surface area contributed by atoms with Crippen molar-refractivity contribution < 1.29 is 0 Å². The Labute approximate surface area is 131 Å². The smallest absolute Gasteiger partial charge is 0.106 e. The van der Waals surface area contributed by atoms with E-state index in [-0.39, 0.29) is 5.54 Å². The van der Waals surface area contributed by atoms with Crippen LogP contribution in [0.15, 0.2) is 0 Å². The van der Waals surface area contributed by atoms with Gasteiger partial charge >= 0.3 is 0 Å². The summed E-state index contributed by atoms with van der Waals surface area (Å²) in [7, 11) is 4.36. The summed E-state index contributed by atoms with van der Waals surface area (Å²) >= 11 is 0. The zero-order valence-electron chi connectivity index (χ0n) is 14.7. The highest BCUT2D eigenvalue weighted by Gasteiger charge is 2.28. The molecule has 0 saturated carbocycles. The van der Waals surface area contributed by atoms with E-state index < -0.39 is 0 Å². The number of hydrogen-bond acceptors (Lipinski definition) is 4. The van der Waals surface area contributed by atoms with Crippen LogP contribution in [-0.4, -0.2) is 61.2 Å². The third kappa shape index (κ3) is 5.94. The number of nitriles is 1. The van der Waals surface area contributed by atoms with Crippen molar-refractivity contribution in [2.45, 2.75) is 70.5 Å². The van der Waals surface area contributed by atoms with Gasteiger partial charge in [-0.1, -0.05) is 6.92 Å². The average Bonchev–Trinajstić information content (AvgIpc) is 2.46. The predicted octanol–water partition coefficient (Wildman–Crippen LogP) is 2.46. The lowest BCUT2D eigenvalue weighted by Gasteiger charge is -2.36. The predicted molar refractivity (Wildman–Crippen MR) is 89.3 cm³/mol. The molecular weight excluding hydrogens is 260 g/mol. The van der Waals surface area contributed by atoms with Crippen molar-refractivity contribution in [3.8, 4) is 6.07 Å². The summed E-state index contributed by atoms with van der Waals surface area (Å²) < 4.78 is 0. The van der Waals surface area contributed by atoms with E-state index in [4.69, 9.17) is 0 Å². The highest BCUT2D eigenvalue weighted by atomic mass is 15.2. The molecule has 1 rings (SSSR count). The minimum Gasteiger partial charge on any atom is -0.306 e. The molecule has 21 heavy (non-hydrogen) atoms. The average molecular weight is 294 g/mol. The molecule has 0 spiro atoms. The minimum absolute atomic E-state index is 0.337. The first kappa shape index (κ1) is 18.4. The lowest BCUT2D eigenvalue weighted by atomic mass is 9.91. The Morgan fingerprint density at radius 3 is 2.38 bits per heavy atom. The maximum Gasteiger partial charge on any atom is 0.106 e. The monoisotopic (exact) mass is 294 g/mol. The van der Waals surface area contributed by atoms with Gasteiger partial charge < -0.3 is 9.80 Å². The molecule has 1 fully saturated rings. The van der Waals surface area contributed by atoms with E-state index in [1.807, 2.05) is 0 Å². The molecule has 4 heteroatoms. The van der Waals surface area contributed by atoms with Crippen molar-refractivity contribution in [3.63, 3.8) is 0 Å². The number of likely N-dealkylation sites (tertiary alicyclic amines) is 1. The fourth-order valence-electron chi connectivity index (χ4n) is 3.33. The molecular formula is C17H34N4. The maximum absolute atomic E-state index is 9.53. The van der Waals surface area contributed by atoms with E-state index in [1.54, 1.807) is 0 Å². The first-order valence-corrected chi connectivity index (χ1v) is 8.50. The van der Waals surface area contributed by atoms with Crippen LogP contribution in [0.2, 0.25) is 0 Å². The topological polar surface area (TPSA) is 42.3 Å². The summed E-state index contributed by atoms with van der Waals surface area (Å²) in [6, 6.07) is 3.63. The van der Waals surface area contributed by atoms with Crippen LogP contribution in [0.5, 0.6) is 0 Å². The molecule has 1 N–H and O–H groups in total. The van der Waals surface area contributed by atoms with Crippen molar-refractivity contribution in [1.29, 1.82) is 5.26 Å². The first-order valence-electron chi connectivity index (χ1n) is 8.50. The van der Waals surface area contributed by atoms with Gasteiger partial charge in [0.15, 0.2) is 0 Å². The van der Waals surface area contributed by atoms with E-state index in [0.717, 1.165) is 31.8 Å². The summed E-state index contributed by atoms with van der Waals surface area (Å²) in [4.78, 5) is 4.91. The zero-order valence-corrected chi connectivity index (χ0v) is 14.7. The number of nitrogens with one attached hydrogen (secondary N) is 1. The molecule has 0 aromatic carbocycles. The number of hydrogen-bond donors (Lipinski definition) is 1. The van der Waals surface area contributed by atoms with Gasteiger partial charge in [0.25, 0.3) is 0 Å². The van der Waals surface area contributed by atoms with Crippen LogP contribution in [0.4, 0.5) is 0 Å². The van der Waals surface area contributed by atoms with Gasteiger partial charge in [0, 0.05) is 12.1 Å². The molecule has 0 amide bonds. The van der Waals surface area contributed by atoms with E-state index in [0.29, 0.717) is 6.04 Å². The van der Waals surface area contributed by atoms with E-state index in [2.05, 4.69) is 56.1 Å². The molecule has 0 radical (unpaired) electrons. The van der Waals surface area contributed by atoms with Crippen molar-refractivity contribution in [3.05, 3.63) is 0 Å². The van der Waals surface area contributed by atoms with Crippen LogP contribution in [0.1, 0.15) is 52.9 Å². The van der Waals surface area contributed by atoms with Gasteiger partial charge in [-0.05, 0) is 79.7 Å². The first-order chi connectivity index (χ1) is 9.92. The molecule has 0 aliphatic carbocycles. The van der Waals surface area contributed by atoms with Gasteiger partial charge in [-0.2, -0.15) is 5.26 Å². The second-order valence-electron chi connectivity index (χ2n) is 6.99. The molecule has 1 aliphatic heterocycles. The Kier molecular flexibility index (Phi) is 7.65. The van der Waals surface area contributed by atoms with E-state index in [9.17, 15) is 5.26 Å². The zero-order chi connectivity index (χ0) is 15.9. The lowest BCUT2D eigenvalue weighted by molar-refractivity contribution is 0.140. The number of nitrogens with zero attached hydrogens (tertiary/aromatic N) is 3. The van der Waals surface area contributed by atoms with Crippen molar-refractivity contribution in [2.24, 2.45) is 0 Å². The van der Waals surface area contributed by atoms with Crippen LogP contribution in [0.25, 0.3) is 0 Å². The minimum atomic E-state index is -0.337. The fraction of sp³-hybridized carbons (Fsp3) is 0.941. The molecule has 122 valence electrons. The Morgan fingerprint density at radius 2 is 1.95 bits per heavy atom. The van der Waals surface area contributed by atoms with Gasteiger partial charge in [-0.15, -0.1) is 0 Å². The van der Waals surface area contributed by atoms with E-state index in [1.165, 1.54) is 25.9 Å². The summed E-state index contributed by atoms with van der Waals surface area (Å²) in [6.07, 6.45) is 5.48. The number of rotatable bonds is 8. The van der Waals surface area contributed by atoms with Crippen LogP contribution in [-0.2, 0) is 0 Å². The third-order valence-corrected chi connectivity index (χ3v) is 4.75. The lowest BCUT2D eigenvalue weighted by Crippen LogP contribution is -2.48. The van der Waals surface area contributed by atoms with Crippen LogP contribution in [0, 0.1) is 11.3 Å². The summed E-state index contributed by atoms with van der Waals surface area (Å²) in [5.41, 5.74) is -0.337. The van der Waals surface area contributed by atoms with Crippen LogP contribution >= 0.6 is 0 Å². The summed E-state index contributed by atoms with van der Waals surface area (Å²) in [5.74, 6) is 0. The maximum atomic E-state index is 9.53. The van der Waals surface area contributed by atoms with E-state index >= 15 is 0 Å². The van der Waals surface area contributed by atoms with Gasteiger partial charge in [0.1, 0.15) is 5.54 Å². The molecule has 0 aromatic heterocycles. The van der Waals surface area contributed by atoms with Crippen molar-refractivity contribution in [1.82, 2.24) is 15.1 Å². The molecule has 1 atom stereocenters. The van der Waals surface area contributed by atoms with Gasteiger partial charge in [-0.3, -0.25) is 5.32 Å².